The van der Waals surface area contributed by atoms with Crippen molar-refractivity contribution >= 4 is 17.5 Å². The lowest BCUT2D eigenvalue weighted by Gasteiger charge is -2.04. The van der Waals surface area contributed by atoms with Crippen LogP contribution in [0.25, 0.3) is 0 Å². The summed E-state index contributed by atoms with van der Waals surface area (Å²) in [5, 5.41) is 19.4. The van der Waals surface area contributed by atoms with Gasteiger partial charge in [0.05, 0.1) is 16.7 Å². The molecular formula is C12H7ClN2O4. The van der Waals surface area contributed by atoms with Gasteiger partial charge < -0.3 is 9.15 Å². The van der Waals surface area contributed by atoms with Gasteiger partial charge >= 0.3 is 5.88 Å². The summed E-state index contributed by atoms with van der Waals surface area (Å²) in [5.74, 6) is 0.437. The molecule has 0 spiro atoms. The predicted octanol–water partition coefficient (Wildman–Crippen LogP) is 3.29. The van der Waals surface area contributed by atoms with Crippen molar-refractivity contribution < 1.29 is 14.1 Å². The maximum absolute atomic E-state index is 10.4. The van der Waals surface area contributed by atoms with Crippen molar-refractivity contribution in [3.05, 3.63) is 56.8 Å². The van der Waals surface area contributed by atoms with Crippen LogP contribution < -0.4 is 4.74 Å². The molecule has 2 rings (SSSR count). The maximum Gasteiger partial charge on any atom is 0.433 e. The Hall–Kier alpha value is -2.52. The minimum absolute atomic E-state index is 0.0378. The van der Waals surface area contributed by atoms with Crippen molar-refractivity contribution in [3.8, 4) is 11.8 Å². The van der Waals surface area contributed by atoms with Gasteiger partial charge in [-0.15, -0.1) is 0 Å². The average molecular weight is 279 g/mol. The number of nitriles is 1. The number of rotatable bonds is 4. The van der Waals surface area contributed by atoms with Crippen molar-refractivity contribution in [2.45, 2.75) is 6.61 Å². The van der Waals surface area contributed by atoms with Gasteiger partial charge in [0.15, 0.2) is 0 Å². The Morgan fingerprint density at radius 3 is 2.79 bits per heavy atom. The third kappa shape index (κ3) is 3.03. The van der Waals surface area contributed by atoms with Crippen molar-refractivity contribution in [1.82, 2.24) is 0 Å². The van der Waals surface area contributed by atoms with E-state index < -0.39 is 4.92 Å². The minimum Gasteiger partial charge on any atom is -0.486 e. The summed E-state index contributed by atoms with van der Waals surface area (Å²) in [6.07, 6.45) is 0. The molecule has 1 aromatic heterocycles. The Morgan fingerprint density at radius 1 is 1.42 bits per heavy atom. The number of ether oxygens (including phenoxy) is 1. The van der Waals surface area contributed by atoms with E-state index in [0.717, 1.165) is 0 Å². The van der Waals surface area contributed by atoms with Gasteiger partial charge in [-0.05, 0) is 18.2 Å². The standard InChI is InChI=1S/C12H7ClN2O4/c13-11-5-9(2-1-8(11)6-14)18-7-10-3-4-12(19-10)15(16)17/h1-5H,7H2. The molecule has 1 heterocycles. The van der Waals surface area contributed by atoms with Gasteiger partial charge in [0.25, 0.3) is 0 Å². The van der Waals surface area contributed by atoms with Crippen LogP contribution in [0.5, 0.6) is 5.75 Å². The molecule has 0 atom stereocenters. The molecule has 6 nitrogen and oxygen atoms in total. The Kier molecular flexibility index (Phi) is 3.68. The molecule has 7 heteroatoms. The fourth-order valence-electron chi connectivity index (χ4n) is 1.37. The summed E-state index contributed by atoms with van der Waals surface area (Å²) >= 11 is 5.84. The fraction of sp³-hybridized carbons (Fsp3) is 0.0833. The molecule has 2 aromatic rings. The van der Waals surface area contributed by atoms with Gasteiger partial charge in [-0.3, -0.25) is 10.1 Å². The first-order chi connectivity index (χ1) is 9.10. The van der Waals surface area contributed by atoms with E-state index in [4.69, 9.17) is 26.0 Å². The van der Waals surface area contributed by atoms with Gasteiger partial charge in [0.2, 0.25) is 0 Å². The second-order valence-electron chi connectivity index (χ2n) is 3.54. The molecule has 0 radical (unpaired) electrons. The number of halogens is 1. The average Bonchev–Trinajstić information content (AvgIpc) is 2.85. The van der Waals surface area contributed by atoms with Crippen LogP contribution >= 0.6 is 11.6 Å². The number of furan rings is 1. The van der Waals surface area contributed by atoms with Crippen molar-refractivity contribution in [1.29, 1.82) is 5.26 Å². The number of nitro groups is 1. The molecule has 0 fully saturated rings. The van der Waals surface area contributed by atoms with Crippen LogP contribution in [0.1, 0.15) is 11.3 Å². The summed E-state index contributed by atoms with van der Waals surface area (Å²) in [6.45, 7) is 0.0378. The summed E-state index contributed by atoms with van der Waals surface area (Å²) < 4.78 is 10.3. The summed E-state index contributed by atoms with van der Waals surface area (Å²) in [7, 11) is 0. The Bertz CT molecular complexity index is 660. The van der Waals surface area contributed by atoms with Crippen LogP contribution in [0.15, 0.2) is 34.7 Å². The first-order valence-electron chi connectivity index (χ1n) is 5.15. The molecule has 0 N–H and O–H groups in total. The Morgan fingerprint density at radius 2 is 2.21 bits per heavy atom. The van der Waals surface area contributed by atoms with Gasteiger partial charge in [-0.1, -0.05) is 11.6 Å². The largest absolute Gasteiger partial charge is 0.486 e. The van der Waals surface area contributed by atoms with E-state index in [1.54, 1.807) is 6.07 Å². The van der Waals surface area contributed by atoms with E-state index in [0.29, 0.717) is 17.1 Å². The second-order valence-corrected chi connectivity index (χ2v) is 3.95. The SMILES string of the molecule is N#Cc1ccc(OCc2ccc([N+](=O)[O-])o2)cc1Cl. The molecule has 0 amide bonds. The molecule has 0 aliphatic carbocycles. The Labute approximate surface area is 112 Å². The molecule has 0 aliphatic heterocycles. The molecule has 1 aromatic carbocycles. The second kappa shape index (κ2) is 5.42. The van der Waals surface area contributed by atoms with Crippen LogP contribution in [0.2, 0.25) is 5.02 Å². The zero-order valence-electron chi connectivity index (χ0n) is 9.50. The summed E-state index contributed by atoms with van der Waals surface area (Å²) in [6, 6.07) is 9.26. The number of hydrogen-bond donors (Lipinski definition) is 0. The van der Waals surface area contributed by atoms with Gasteiger partial charge in [-0.2, -0.15) is 5.26 Å². The molecule has 19 heavy (non-hydrogen) atoms. The van der Waals surface area contributed by atoms with Crippen molar-refractivity contribution in [3.63, 3.8) is 0 Å². The van der Waals surface area contributed by atoms with E-state index in [-0.39, 0.29) is 17.5 Å². The lowest BCUT2D eigenvalue weighted by atomic mass is 10.2. The predicted molar refractivity (Wildman–Crippen MR) is 65.9 cm³/mol. The first-order valence-corrected chi connectivity index (χ1v) is 5.53. The zero-order chi connectivity index (χ0) is 13.8. The lowest BCUT2D eigenvalue weighted by Crippen LogP contribution is -1.94. The van der Waals surface area contributed by atoms with Crippen molar-refractivity contribution in [2.75, 3.05) is 0 Å². The molecule has 0 unspecified atom stereocenters. The van der Waals surface area contributed by atoms with Gasteiger partial charge in [0, 0.05) is 6.07 Å². The highest BCUT2D eigenvalue weighted by Gasteiger charge is 2.12. The minimum atomic E-state index is -0.623. The monoisotopic (exact) mass is 278 g/mol. The highest BCUT2D eigenvalue weighted by Crippen LogP contribution is 2.23. The molecule has 0 bridgehead atoms. The molecule has 0 aliphatic rings. The fourth-order valence-corrected chi connectivity index (χ4v) is 1.59. The molecular weight excluding hydrogens is 272 g/mol. The van der Waals surface area contributed by atoms with E-state index in [9.17, 15) is 10.1 Å². The van der Waals surface area contributed by atoms with Crippen LogP contribution in [-0.2, 0) is 6.61 Å². The van der Waals surface area contributed by atoms with Crippen LogP contribution in [0, 0.1) is 21.4 Å². The maximum atomic E-state index is 10.4. The summed E-state index contributed by atoms with van der Waals surface area (Å²) in [5.41, 5.74) is 0.350. The van der Waals surface area contributed by atoms with E-state index in [2.05, 4.69) is 0 Å². The smallest absolute Gasteiger partial charge is 0.433 e. The zero-order valence-corrected chi connectivity index (χ0v) is 10.3. The quantitative estimate of drug-likeness (QED) is 0.632. The highest BCUT2D eigenvalue weighted by molar-refractivity contribution is 6.31. The highest BCUT2D eigenvalue weighted by atomic mass is 35.5. The van der Waals surface area contributed by atoms with Gasteiger partial charge in [0.1, 0.15) is 29.1 Å². The van der Waals surface area contributed by atoms with Crippen LogP contribution in [0.3, 0.4) is 0 Å². The van der Waals surface area contributed by atoms with Crippen LogP contribution in [0.4, 0.5) is 5.88 Å². The third-order valence-electron chi connectivity index (χ3n) is 2.27. The Balaban J connectivity index is 2.04. The summed E-state index contributed by atoms with van der Waals surface area (Å²) in [4.78, 5) is 9.80. The van der Waals surface area contributed by atoms with E-state index >= 15 is 0 Å². The molecule has 96 valence electrons. The van der Waals surface area contributed by atoms with E-state index in [1.807, 2.05) is 6.07 Å². The molecule has 0 saturated heterocycles. The number of benzene rings is 1. The number of nitrogens with zero attached hydrogens (tertiary/aromatic N) is 2. The third-order valence-corrected chi connectivity index (χ3v) is 2.58. The topological polar surface area (TPSA) is 89.3 Å². The van der Waals surface area contributed by atoms with E-state index in [1.165, 1.54) is 24.3 Å². The molecule has 0 saturated carbocycles. The normalized spacial score (nSPS) is 9.89. The lowest BCUT2D eigenvalue weighted by molar-refractivity contribution is -0.402. The van der Waals surface area contributed by atoms with Gasteiger partial charge in [-0.25, -0.2) is 0 Å². The van der Waals surface area contributed by atoms with Crippen LogP contribution in [-0.4, -0.2) is 4.92 Å². The first kappa shape index (κ1) is 12.9. The van der Waals surface area contributed by atoms with Crippen molar-refractivity contribution in [2.24, 2.45) is 0 Å². The number of hydrogen-bond acceptors (Lipinski definition) is 5.